The van der Waals surface area contributed by atoms with Gasteiger partial charge in [-0.1, -0.05) is 59.8 Å². The van der Waals surface area contributed by atoms with Gasteiger partial charge in [-0.25, -0.2) is 13.2 Å². The lowest BCUT2D eigenvalue weighted by Crippen LogP contribution is -2.40. The molecule has 0 aliphatic rings. The summed E-state index contributed by atoms with van der Waals surface area (Å²) in [6.45, 7) is 16.8. The Morgan fingerprint density at radius 3 is 1.86 bits per heavy atom. The Balaban J connectivity index is 3.59. The number of methoxy groups -OCH3 is 1. The number of sulfonamides is 1. The van der Waals surface area contributed by atoms with Crippen LogP contribution < -0.4 is 0 Å². The Labute approximate surface area is 218 Å². The van der Waals surface area contributed by atoms with E-state index in [1.165, 1.54) is 11.4 Å². The fourth-order valence-corrected chi connectivity index (χ4v) is 5.76. The second-order valence-corrected chi connectivity index (χ2v) is 11.3. The molecule has 0 radical (unpaired) electrons. The van der Waals surface area contributed by atoms with E-state index in [0.29, 0.717) is 18.1 Å². The number of nitrogens with zero attached hydrogens (tertiary/aromatic N) is 1. The SMILES string of the molecule is CCOC(CN(C/C=C\COC(=O)OC)S(=O)(=O)c1c(C(C)C)cc(C(C)C)cc1C(C)C)OCC. The molecule has 0 atom stereocenters. The van der Waals surface area contributed by atoms with Crippen LogP contribution in [-0.2, 0) is 29.0 Å². The molecule has 0 saturated carbocycles. The van der Waals surface area contributed by atoms with Crippen LogP contribution in [0.3, 0.4) is 0 Å². The van der Waals surface area contributed by atoms with E-state index in [0.717, 1.165) is 16.7 Å². The predicted molar refractivity (Wildman–Crippen MR) is 142 cm³/mol. The van der Waals surface area contributed by atoms with Crippen molar-refractivity contribution >= 4 is 16.2 Å². The molecule has 1 aromatic rings. The van der Waals surface area contributed by atoms with Crippen LogP contribution in [-0.4, -0.2) is 65.2 Å². The average molecular weight is 528 g/mol. The molecule has 0 spiro atoms. The van der Waals surface area contributed by atoms with Crippen molar-refractivity contribution in [2.24, 2.45) is 0 Å². The van der Waals surface area contributed by atoms with Crippen LogP contribution in [0.5, 0.6) is 0 Å². The van der Waals surface area contributed by atoms with Crippen LogP contribution in [0.1, 0.15) is 89.8 Å². The maximum absolute atomic E-state index is 14.3. The summed E-state index contributed by atoms with van der Waals surface area (Å²) in [6.07, 6.45) is 1.73. The molecule has 0 aliphatic carbocycles. The summed E-state index contributed by atoms with van der Waals surface area (Å²) in [5, 5.41) is 0. The molecule has 0 fully saturated rings. The molecular formula is C27H45NO7S. The topological polar surface area (TPSA) is 91.4 Å². The smallest absolute Gasteiger partial charge is 0.438 e. The zero-order valence-electron chi connectivity index (χ0n) is 23.4. The molecule has 0 heterocycles. The third-order valence-corrected chi connectivity index (χ3v) is 7.64. The first-order chi connectivity index (χ1) is 16.9. The van der Waals surface area contributed by atoms with Gasteiger partial charge in [-0.2, -0.15) is 4.31 Å². The summed E-state index contributed by atoms with van der Waals surface area (Å²) in [4.78, 5) is 11.6. The van der Waals surface area contributed by atoms with E-state index >= 15 is 0 Å². The van der Waals surface area contributed by atoms with Crippen molar-refractivity contribution in [3.05, 3.63) is 41.0 Å². The number of carbonyl (C=O) groups is 1. The first kappa shape index (κ1) is 32.1. The third-order valence-electron chi connectivity index (χ3n) is 5.67. The molecule has 0 aliphatic heterocycles. The Kier molecular flexibility index (Phi) is 13.7. The Bertz CT molecular complexity index is 920. The standard InChI is InChI=1S/C27H45NO7S/c1-10-33-25(34-11-2)18-28(14-12-13-15-35-27(29)32-9)36(30,31)26-23(20(5)6)16-22(19(3)4)17-24(26)21(7)8/h12-13,16-17,19-21,25H,10-11,14-15,18H2,1-9H3/b13-12-. The molecule has 1 aromatic carbocycles. The zero-order chi connectivity index (χ0) is 27.5. The third kappa shape index (κ3) is 9.18. The number of hydrogen-bond donors (Lipinski definition) is 0. The molecule has 0 amide bonds. The average Bonchev–Trinajstić information content (AvgIpc) is 2.81. The van der Waals surface area contributed by atoms with Gasteiger partial charge in [-0.05, 0) is 54.4 Å². The van der Waals surface area contributed by atoms with Crippen LogP contribution in [0.4, 0.5) is 4.79 Å². The van der Waals surface area contributed by atoms with Crippen molar-refractivity contribution in [1.29, 1.82) is 0 Å². The van der Waals surface area contributed by atoms with Gasteiger partial charge in [-0.15, -0.1) is 0 Å². The Morgan fingerprint density at radius 2 is 1.44 bits per heavy atom. The lowest BCUT2D eigenvalue weighted by atomic mass is 9.89. The zero-order valence-corrected chi connectivity index (χ0v) is 24.2. The van der Waals surface area contributed by atoms with Gasteiger partial charge in [0.2, 0.25) is 10.0 Å². The first-order valence-electron chi connectivity index (χ1n) is 12.7. The maximum atomic E-state index is 14.3. The van der Waals surface area contributed by atoms with E-state index in [9.17, 15) is 13.2 Å². The van der Waals surface area contributed by atoms with Crippen molar-refractivity contribution in [1.82, 2.24) is 4.31 Å². The molecule has 36 heavy (non-hydrogen) atoms. The van der Waals surface area contributed by atoms with Gasteiger partial charge in [-0.3, -0.25) is 0 Å². The quantitative estimate of drug-likeness (QED) is 0.162. The summed E-state index contributed by atoms with van der Waals surface area (Å²) >= 11 is 0. The summed E-state index contributed by atoms with van der Waals surface area (Å²) in [7, 11) is -2.72. The minimum atomic E-state index is -3.95. The summed E-state index contributed by atoms with van der Waals surface area (Å²) in [6, 6.07) is 4.05. The van der Waals surface area contributed by atoms with E-state index in [4.69, 9.17) is 14.2 Å². The molecule has 0 bridgehead atoms. The fourth-order valence-electron chi connectivity index (χ4n) is 3.71. The van der Waals surface area contributed by atoms with E-state index in [1.807, 2.05) is 53.7 Å². The highest BCUT2D eigenvalue weighted by molar-refractivity contribution is 7.89. The van der Waals surface area contributed by atoms with Crippen LogP contribution in [0.2, 0.25) is 0 Å². The van der Waals surface area contributed by atoms with Gasteiger partial charge >= 0.3 is 6.16 Å². The molecule has 9 heteroatoms. The molecule has 1 rings (SSSR count). The fraction of sp³-hybridized carbons (Fsp3) is 0.667. The summed E-state index contributed by atoms with van der Waals surface area (Å²) < 4.78 is 50.7. The molecule has 0 saturated heterocycles. The number of benzene rings is 1. The highest BCUT2D eigenvalue weighted by Gasteiger charge is 2.33. The van der Waals surface area contributed by atoms with Crippen molar-refractivity contribution in [3.63, 3.8) is 0 Å². The Hall–Kier alpha value is -1.94. The largest absolute Gasteiger partial charge is 0.508 e. The second kappa shape index (κ2) is 15.3. The monoisotopic (exact) mass is 527 g/mol. The van der Waals surface area contributed by atoms with Gasteiger partial charge in [0.25, 0.3) is 0 Å². The van der Waals surface area contributed by atoms with Gasteiger partial charge < -0.3 is 18.9 Å². The van der Waals surface area contributed by atoms with E-state index < -0.39 is 22.5 Å². The van der Waals surface area contributed by atoms with Gasteiger partial charge in [0.15, 0.2) is 6.29 Å². The molecular weight excluding hydrogens is 482 g/mol. The van der Waals surface area contributed by atoms with Crippen LogP contribution in [0.25, 0.3) is 0 Å². The van der Waals surface area contributed by atoms with E-state index in [1.54, 1.807) is 12.2 Å². The minimum absolute atomic E-state index is 0.00593. The molecule has 8 nitrogen and oxygen atoms in total. The lowest BCUT2D eigenvalue weighted by molar-refractivity contribution is -0.139. The maximum Gasteiger partial charge on any atom is 0.508 e. The van der Waals surface area contributed by atoms with E-state index in [2.05, 4.69) is 18.6 Å². The van der Waals surface area contributed by atoms with E-state index in [-0.39, 0.29) is 37.5 Å². The van der Waals surface area contributed by atoms with Gasteiger partial charge in [0.1, 0.15) is 6.61 Å². The normalized spacial score (nSPS) is 12.6. The molecule has 0 aromatic heterocycles. The van der Waals surface area contributed by atoms with Crippen LogP contribution in [0.15, 0.2) is 29.2 Å². The van der Waals surface area contributed by atoms with Gasteiger partial charge in [0.05, 0.1) is 18.6 Å². The summed E-state index contributed by atoms with van der Waals surface area (Å²) in [5.41, 5.74) is 2.73. The molecule has 0 unspecified atom stereocenters. The minimum Gasteiger partial charge on any atom is -0.438 e. The van der Waals surface area contributed by atoms with Gasteiger partial charge in [0, 0.05) is 19.8 Å². The number of hydrogen-bond acceptors (Lipinski definition) is 7. The number of rotatable bonds is 15. The summed E-state index contributed by atoms with van der Waals surface area (Å²) in [5.74, 6) is 0.281. The highest BCUT2D eigenvalue weighted by atomic mass is 32.2. The van der Waals surface area contributed by atoms with Crippen LogP contribution in [0, 0.1) is 0 Å². The van der Waals surface area contributed by atoms with Crippen molar-refractivity contribution < 1.29 is 32.2 Å². The molecule has 0 N–H and O–H groups in total. The van der Waals surface area contributed by atoms with Crippen LogP contribution >= 0.6 is 0 Å². The van der Waals surface area contributed by atoms with Crippen molar-refractivity contribution in [3.8, 4) is 0 Å². The predicted octanol–water partition coefficient (Wildman–Crippen LogP) is 5.79. The number of carbonyl (C=O) groups excluding carboxylic acids is 1. The second-order valence-electron chi connectivity index (χ2n) is 9.39. The van der Waals surface area contributed by atoms with Crippen molar-refractivity contribution in [2.45, 2.75) is 84.3 Å². The van der Waals surface area contributed by atoms with Crippen molar-refractivity contribution in [2.75, 3.05) is 40.0 Å². The Morgan fingerprint density at radius 1 is 0.917 bits per heavy atom. The highest BCUT2D eigenvalue weighted by Crippen LogP contribution is 2.36. The molecule has 206 valence electrons. The number of ether oxygens (including phenoxy) is 4. The first-order valence-corrected chi connectivity index (χ1v) is 14.1. The lowest BCUT2D eigenvalue weighted by Gasteiger charge is -2.30.